The van der Waals surface area contributed by atoms with E-state index in [0.717, 1.165) is 16.3 Å². The topological polar surface area (TPSA) is 123 Å². The highest BCUT2D eigenvalue weighted by Gasteiger charge is 2.32. The number of fused-ring (bicyclic) bond motifs is 1. The number of aryl methyl sites for hydroxylation is 2. The second-order valence-electron chi connectivity index (χ2n) is 7.39. The fraction of sp³-hybridized carbons (Fsp3) is 0.182. The summed E-state index contributed by atoms with van der Waals surface area (Å²) in [5, 5.41) is 6.91. The van der Waals surface area contributed by atoms with Crippen molar-refractivity contribution in [3.05, 3.63) is 69.6 Å². The molecule has 0 unspecified atom stereocenters. The fourth-order valence-electron chi connectivity index (χ4n) is 3.39. The second-order valence-corrected chi connectivity index (χ2v) is 7.80. The second kappa shape index (κ2) is 8.47. The van der Waals surface area contributed by atoms with E-state index >= 15 is 0 Å². The van der Waals surface area contributed by atoms with Crippen molar-refractivity contribution in [3.63, 3.8) is 0 Å². The summed E-state index contributed by atoms with van der Waals surface area (Å²) in [6.07, 6.45) is 0. The minimum absolute atomic E-state index is 0.0663. The van der Waals surface area contributed by atoms with Gasteiger partial charge in [0.15, 0.2) is 18.1 Å². The molecule has 3 aromatic rings. The van der Waals surface area contributed by atoms with Crippen LogP contribution >= 0.6 is 11.6 Å². The van der Waals surface area contributed by atoms with Crippen molar-refractivity contribution >= 4 is 41.0 Å². The van der Waals surface area contributed by atoms with E-state index in [0.29, 0.717) is 5.82 Å². The van der Waals surface area contributed by atoms with Gasteiger partial charge in [0.1, 0.15) is 0 Å². The summed E-state index contributed by atoms with van der Waals surface area (Å²) in [4.78, 5) is 54.0. The van der Waals surface area contributed by atoms with Crippen molar-refractivity contribution in [1.29, 1.82) is 0 Å². The van der Waals surface area contributed by atoms with Gasteiger partial charge in [0.05, 0.1) is 21.8 Å². The Labute approximate surface area is 193 Å². The van der Waals surface area contributed by atoms with Crippen LogP contribution in [-0.2, 0) is 9.53 Å². The Morgan fingerprint density at radius 3 is 2.48 bits per heavy atom. The van der Waals surface area contributed by atoms with Crippen LogP contribution in [0.5, 0.6) is 0 Å². The van der Waals surface area contributed by atoms with Gasteiger partial charge in [0.2, 0.25) is 0 Å². The molecule has 1 aliphatic heterocycles. The molecule has 10 nitrogen and oxygen atoms in total. The molecule has 0 fully saturated rings. The molecule has 0 saturated carbocycles. The number of imide groups is 1. The summed E-state index contributed by atoms with van der Waals surface area (Å²) in [5.41, 5.74) is 2.19. The predicted molar refractivity (Wildman–Crippen MR) is 118 cm³/mol. The van der Waals surface area contributed by atoms with Gasteiger partial charge in [-0.25, -0.2) is 14.5 Å². The van der Waals surface area contributed by atoms with E-state index < -0.39 is 30.3 Å². The molecule has 1 aromatic carbocycles. The molecular formula is C22H18ClN5O5. The quantitative estimate of drug-likeness (QED) is 0.451. The first kappa shape index (κ1) is 22.2. The van der Waals surface area contributed by atoms with Crippen LogP contribution in [0, 0.1) is 13.8 Å². The molecule has 0 saturated heterocycles. The standard InChI is InChI=1S/C22H18ClN5O5/c1-11-8-12(2)28(26-11)17-7-6-16(23)19(25-17)22(32)33-10-18(29)24-13-4-5-14-15(9-13)21(31)27(3)20(14)30/h4-9H,10H2,1-3H3,(H,24,29). The highest BCUT2D eigenvalue weighted by molar-refractivity contribution is 6.33. The summed E-state index contributed by atoms with van der Waals surface area (Å²) in [6.45, 7) is 3.07. The van der Waals surface area contributed by atoms with Gasteiger partial charge in [0, 0.05) is 18.4 Å². The van der Waals surface area contributed by atoms with Crippen molar-refractivity contribution in [1.82, 2.24) is 19.7 Å². The van der Waals surface area contributed by atoms with E-state index in [2.05, 4.69) is 15.4 Å². The number of hydrogen-bond donors (Lipinski definition) is 1. The summed E-state index contributed by atoms with van der Waals surface area (Å²) in [5.74, 6) is -2.01. The maximum atomic E-state index is 12.5. The Morgan fingerprint density at radius 1 is 1.06 bits per heavy atom. The van der Waals surface area contributed by atoms with Crippen LogP contribution in [-0.4, -0.2) is 57.0 Å². The molecule has 3 amide bonds. The largest absolute Gasteiger partial charge is 0.451 e. The third-order valence-electron chi connectivity index (χ3n) is 4.96. The summed E-state index contributed by atoms with van der Waals surface area (Å²) in [6, 6.07) is 9.31. The summed E-state index contributed by atoms with van der Waals surface area (Å²) < 4.78 is 6.62. The highest BCUT2D eigenvalue weighted by Crippen LogP contribution is 2.25. The Morgan fingerprint density at radius 2 is 1.79 bits per heavy atom. The number of aromatic nitrogens is 3. The number of hydrogen-bond acceptors (Lipinski definition) is 7. The van der Waals surface area contributed by atoms with Crippen molar-refractivity contribution < 1.29 is 23.9 Å². The normalized spacial score (nSPS) is 12.7. The Kier molecular flexibility index (Phi) is 5.69. The third-order valence-corrected chi connectivity index (χ3v) is 5.26. The van der Waals surface area contributed by atoms with Crippen LogP contribution in [0.3, 0.4) is 0 Å². The molecule has 2 aromatic heterocycles. The van der Waals surface area contributed by atoms with Crippen LogP contribution in [0.4, 0.5) is 5.69 Å². The predicted octanol–water partition coefficient (Wildman–Crippen LogP) is 2.56. The Hall–Kier alpha value is -4.05. The minimum Gasteiger partial charge on any atom is -0.451 e. The number of halogens is 1. The Bertz CT molecular complexity index is 1330. The average molecular weight is 468 g/mol. The molecule has 1 N–H and O–H groups in total. The SMILES string of the molecule is Cc1cc(C)n(-c2ccc(Cl)c(C(=O)OCC(=O)Nc3ccc4c(c3)C(=O)N(C)C4=O)n2)n1. The van der Waals surface area contributed by atoms with Crippen LogP contribution < -0.4 is 5.32 Å². The van der Waals surface area contributed by atoms with Crippen LogP contribution in [0.2, 0.25) is 5.02 Å². The number of amides is 3. The lowest BCUT2D eigenvalue weighted by Gasteiger charge is -2.09. The van der Waals surface area contributed by atoms with Gasteiger partial charge < -0.3 is 10.1 Å². The van der Waals surface area contributed by atoms with Gasteiger partial charge in [-0.2, -0.15) is 5.10 Å². The summed E-state index contributed by atoms with van der Waals surface area (Å²) >= 11 is 6.10. The van der Waals surface area contributed by atoms with E-state index in [1.54, 1.807) is 10.7 Å². The first-order chi connectivity index (χ1) is 15.7. The number of nitrogens with zero attached hydrogens (tertiary/aromatic N) is 4. The number of anilines is 1. The minimum atomic E-state index is -0.880. The monoisotopic (exact) mass is 467 g/mol. The molecule has 168 valence electrons. The van der Waals surface area contributed by atoms with Gasteiger partial charge in [-0.05, 0) is 50.2 Å². The van der Waals surface area contributed by atoms with Gasteiger partial charge in [0.25, 0.3) is 17.7 Å². The van der Waals surface area contributed by atoms with E-state index in [9.17, 15) is 19.2 Å². The summed E-state index contributed by atoms with van der Waals surface area (Å²) in [7, 11) is 1.38. The lowest BCUT2D eigenvalue weighted by molar-refractivity contribution is -0.119. The number of rotatable bonds is 5. The third kappa shape index (κ3) is 4.20. The molecule has 11 heteroatoms. The maximum Gasteiger partial charge on any atom is 0.359 e. The number of benzene rings is 1. The zero-order chi connectivity index (χ0) is 23.9. The fourth-order valence-corrected chi connectivity index (χ4v) is 3.57. The Balaban J connectivity index is 1.43. The highest BCUT2D eigenvalue weighted by atomic mass is 35.5. The number of carbonyl (C=O) groups is 4. The van der Waals surface area contributed by atoms with Crippen LogP contribution in [0.1, 0.15) is 42.6 Å². The van der Waals surface area contributed by atoms with Gasteiger partial charge >= 0.3 is 5.97 Å². The van der Waals surface area contributed by atoms with Crippen molar-refractivity contribution in [3.8, 4) is 5.82 Å². The molecule has 3 heterocycles. The molecular weight excluding hydrogens is 450 g/mol. The average Bonchev–Trinajstić information content (AvgIpc) is 3.23. The molecule has 0 aliphatic carbocycles. The number of pyridine rings is 1. The van der Waals surface area contributed by atoms with Crippen LogP contribution in [0.25, 0.3) is 5.82 Å². The molecule has 0 bridgehead atoms. The smallest absolute Gasteiger partial charge is 0.359 e. The molecule has 4 rings (SSSR count). The van der Waals surface area contributed by atoms with Gasteiger partial charge in [-0.3, -0.25) is 19.3 Å². The molecule has 0 radical (unpaired) electrons. The van der Waals surface area contributed by atoms with E-state index in [-0.39, 0.29) is 27.5 Å². The van der Waals surface area contributed by atoms with Gasteiger partial charge in [-0.15, -0.1) is 0 Å². The van der Waals surface area contributed by atoms with Crippen molar-refractivity contribution in [2.24, 2.45) is 0 Å². The number of esters is 1. The van der Waals surface area contributed by atoms with Gasteiger partial charge in [-0.1, -0.05) is 11.6 Å². The van der Waals surface area contributed by atoms with Crippen LogP contribution in [0.15, 0.2) is 36.4 Å². The van der Waals surface area contributed by atoms with E-state index in [1.165, 1.54) is 31.3 Å². The van der Waals surface area contributed by atoms with Crippen molar-refractivity contribution in [2.75, 3.05) is 19.0 Å². The van der Waals surface area contributed by atoms with E-state index in [4.69, 9.17) is 16.3 Å². The zero-order valence-corrected chi connectivity index (χ0v) is 18.6. The first-order valence-corrected chi connectivity index (χ1v) is 10.2. The zero-order valence-electron chi connectivity index (χ0n) is 17.9. The molecule has 1 aliphatic rings. The number of carbonyl (C=O) groups excluding carboxylic acids is 4. The molecule has 0 spiro atoms. The van der Waals surface area contributed by atoms with E-state index in [1.807, 2.05) is 19.9 Å². The number of ether oxygens (including phenoxy) is 1. The molecule has 33 heavy (non-hydrogen) atoms. The maximum absolute atomic E-state index is 12.5. The number of nitrogens with one attached hydrogen (secondary N) is 1. The lowest BCUT2D eigenvalue weighted by atomic mass is 10.1. The van der Waals surface area contributed by atoms with Crippen molar-refractivity contribution in [2.45, 2.75) is 13.8 Å². The lowest BCUT2D eigenvalue weighted by Crippen LogP contribution is -2.24. The first-order valence-electron chi connectivity index (χ1n) is 9.79. The molecule has 0 atom stereocenters.